The molecule has 0 N–H and O–H groups in total. The van der Waals surface area contributed by atoms with Gasteiger partial charge in [-0.2, -0.15) is 0 Å². The third kappa shape index (κ3) is 52.1. The molecule has 0 radical (unpaired) electrons. The SMILES string of the molecule is CC/C=C\C/C=C\C/C=C\C/C=C\CCCCCCC(=O)OC(COC(=O)CCCCCCCC)COC(=O)CCCCCCCCCCCCCCC/C=C\CCCCCCCCCC. The van der Waals surface area contributed by atoms with E-state index in [1.807, 2.05) is 0 Å². The number of esters is 3. The summed E-state index contributed by atoms with van der Waals surface area (Å²) in [6.45, 7) is 6.46. The van der Waals surface area contributed by atoms with Gasteiger partial charge in [-0.05, 0) is 83.5 Å². The lowest BCUT2D eigenvalue weighted by molar-refractivity contribution is -0.167. The minimum atomic E-state index is -0.783. The number of hydrogen-bond donors (Lipinski definition) is 0. The Morgan fingerprint density at radius 2 is 0.591 bits per heavy atom. The van der Waals surface area contributed by atoms with Crippen LogP contribution in [0.25, 0.3) is 0 Å². The van der Waals surface area contributed by atoms with Gasteiger partial charge in [-0.15, -0.1) is 0 Å². The highest BCUT2D eigenvalue weighted by atomic mass is 16.6. The molecule has 382 valence electrons. The van der Waals surface area contributed by atoms with Crippen LogP contribution in [-0.4, -0.2) is 37.2 Å². The lowest BCUT2D eigenvalue weighted by atomic mass is 10.0. The fourth-order valence-electron chi connectivity index (χ4n) is 8.02. The van der Waals surface area contributed by atoms with Gasteiger partial charge in [-0.3, -0.25) is 14.4 Å². The van der Waals surface area contributed by atoms with Crippen LogP contribution in [0, 0.1) is 0 Å². The van der Waals surface area contributed by atoms with Crippen LogP contribution in [0.4, 0.5) is 0 Å². The van der Waals surface area contributed by atoms with Crippen molar-refractivity contribution < 1.29 is 28.6 Å². The molecular weight excluding hydrogens is 817 g/mol. The van der Waals surface area contributed by atoms with Gasteiger partial charge < -0.3 is 14.2 Å². The molecule has 0 heterocycles. The second-order valence-electron chi connectivity index (χ2n) is 18.8. The number of rotatable bonds is 51. The highest BCUT2D eigenvalue weighted by Gasteiger charge is 2.19. The fourth-order valence-corrected chi connectivity index (χ4v) is 8.02. The van der Waals surface area contributed by atoms with E-state index >= 15 is 0 Å². The van der Waals surface area contributed by atoms with Crippen LogP contribution in [0.1, 0.15) is 284 Å². The number of carbonyl (C=O) groups excluding carboxylic acids is 3. The van der Waals surface area contributed by atoms with Crippen LogP contribution in [0.3, 0.4) is 0 Å². The summed E-state index contributed by atoms with van der Waals surface area (Å²) >= 11 is 0. The third-order valence-electron chi connectivity index (χ3n) is 12.3. The van der Waals surface area contributed by atoms with Crippen LogP contribution in [0.15, 0.2) is 60.8 Å². The minimum absolute atomic E-state index is 0.0828. The van der Waals surface area contributed by atoms with Gasteiger partial charge in [0, 0.05) is 19.3 Å². The second-order valence-corrected chi connectivity index (χ2v) is 18.8. The van der Waals surface area contributed by atoms with E-state index in [-0.39, 0.29) is 31.1 Å². The molecule has 0 aliphatic carbocycles. The molecule has 0 aromatic carbocycles. The predicted octanol–water partition coefficient (Wildman–Crippen LogP) is 18.8. The molecule has 0 aromatic heterocycles. The smallest absolute Gasteiger partial charge is 0.306 e. The van der Waals surface area contributed by atoms with E-state index < -0.39 is 6.10 Å². The molecule has 0 saturated heterocycles. The van der Waals surface area contributed by atoms with Gasteiger partial charge in [-0.25, -0.2) is 0 Å². The lowest BCUT2D eigenvalue weighted by Crippen LogP contribution is -2.30. The molecule has 0 saturated carbocycles. The van der Waals surface area contributed by atoms with Crippen molar-refractivity contribution in [2.24, 2.45) is 0 Å². The third-order valence-corrected chi connectivity index (χ3v) is 12.3. The summed E-state index contributed by atoms with van der Waals surface area (Å²) in [5.74, 6) is -0.909. The van der Waals surface area contributed by atoms with Crippen LogP contribution < -0.4 is 0 Å². The number of unbranched alkanes of at least 4 members (excludes halogenated alkanes) is 30. The Morgan fingerprint density at radius 1 is 0.318 bits per heavy atom. The molecular formula is C60H106O6. The maximum Gasteiger partial charge on any atom is 0.306 e. The van der Waals surface area contributed by atoms with Gasteiger partial charge in [0.2, 0.25) is 0 Å². The molecule has 0 bridgehead atoms. The number of hydrogen-bond acceptors (Lipinski definition) is 6. The topological polar surface area (TPSA) is 78.9 Å². The maximum absolute atomic E-state index is 12.8. The quantitative estimate of drug-likeness (QED) is 0.0262. The number of carbonyl (C=O) groups is 3. The summed E-state index contributed by atoms with van der Waals surface area (Å²) < 4.78 is 16.7. The molecule has 0 fully saturated rings. The van der Waals surface area contributed by atoms with E-state index in [1.54, 1.807) is 0 Å². The average molecular weight is 924 g/mol. The number of ether oxygens (including phenoxy) is 3. The van der Waals surface area contributed by atoms with Crippen molar-refractivity contribution in [3.05, 3.63) is 60.8 Å². The summed E-state index contributed by atoms with van der Waals surface area (Å²) in [5.41, 5.74) is 0. The predicted molar refractivity (Wildman–Crippen MR) is 284 cm³/mol. The first kappa shape index (κ1) is 63.1. The second kappa shape index (κ2) is 54.7. The summed E-state index contributed by atoms with van der Waals surface area (Å²) in [4.78, 5) is 37.8. The molecule has 66 heavy (non-hydrogen) atoms. The zero-order chi connectivity index (χ0) is 47.9. The first-order valence-corrected chi connectivity index (χ1v) is 28.3. The van der Waals surface area contributed by atoms with Crippen molar-refractivity contribution >= 4 is 17.9 Å². The highest BCUT2D eigenvalue weighted by molar-refractivity contribution is 5.71. The van der Waals surface area contributed by atoms with E-state index in [9.17, 15) is 14.4 Å². The van der Waals surface area contributed by atoms with Crippen LogP contribution >= 0.6 is 0 Å². The molecule has 0 aromatic rings. The Hall–Kier alpha value is -2.89. The summed E-state index contributed by atoms with van der Waals surface area (Å²) in [6.07, 6.45) is 68.2. The largest absolute Gasteiger partial charge is 0.462 e. The van der Waals surface area contributed by atoms with Crippen molar-refractivity contribution in [1.82, 2.24) is 0 Å². The Kier molecular flexibility index (Phi) is 52.3. The van der Waals surface area contributed by atoms with Crippen molar-refractivity contribution in [1.29, 1.82) is 0 Å². The van der Waals surface area contributed by atoms with Crippen molar-refractivity contribution in [3.63, 3.8) is 0 Å². The average Bonchev–Trinajstić information content (AvgIpc) is 3.31. The van der Waals surface area contributed by atoms with E-state index in [0.717, 1.165) is 96.3 Å². The molecule has 0 spiro atoms. The van der Waals surface area contributed by atoms with Gasteiger partial charge in [-0.1, -0.05) is 242 Å². The fraction of sp³-hybridized carbons (Fsp3) is 0.783. The monoisotopic (exact) mass is 923 g/mol. The van der Waals surface area contributed by atoms with E-state index in [4.69, 9.17) is 14.2 Å². The minimum Gasteiger partial charge on any atom is -0.462 e. The normalized spacial score (nSPS) is 12.5. The Bertz CT molecular complexity index is 1200. The molecule has 0 aliphatic heterocycles. The molecule has 0 aliphatic rings. The van der Waals surface area contributed by atoms with Gasteiger partial charge >= 0.3 is 17.9 Å². The van der Waals surface area contributed by atoms with Gasteiger partial charge in [0.25, 0.3) is 0 Å². The maximum atomic E-state index is 12.8. The van der Waals surface area contributed by atoms with Crippen LogP contribution in [-0.2, 0) is 28.6 Å². The summed E-state index contributed by atoms with van der Waals surface area (Å²) in [7, 11) is 0. The Morgan fingerprint density at radius 3 is 0.939 bits per heavy atom. The summed E-state index contributed by atoms with van der Waals surface area (Å²) in [6, 6.07) is 0. The van der Waals surface area contributed by atoms with E-state index in [0.29, 0.717) is 19.3 Å². The van der Waals surface area contributed by atoms with Crippen molar-refractivity contribution in [3.8, 4) is 0 Å². The van der Waals surface area contributed by atoms with Crippen LogP contribution in [0.2, 0.25) is 0 Å². The molecule has 1 atom stereocenters. The lowest BCUT2D eigenvalue weighted by Gasteiger charge is -2.18. The number of allylic oxidation sites excluding steroid dienone is 10. The first-order chi connectivity index (χ1) is 32.5. The molecule has 0 amide bonds. The van der Waals surface area contributed by atoms with E-state index in [1.165, 1.54) is 148 Å². The zero-order valence-corrected chi connectivity index (χ0v) is 43.7. The standard InChI is InChI=1S/C60H106O6/c1-4-7-10-13-16-18-20-22-24-26-27-28-29-30-31-32-33-35-36-38-40-42-44-47-50-53-59(62)65-56-57(55-64-58(61)52-49-46-15-12-9-6-3)66-60(63)54-51-48-45-43-41-39-37-34-25-23-21-19-17-14-11-8-5-2/h8,11,17,19,23,25-27,37,39,57H,4-7,9-10,12-16,18,20-22,24,28-36,38,40-56H2,1-3H3/b11-8-,19-17-,25-23-,27-26-,39-37-. The van der Waals surface area contributed by atoms with Gasteiger partial charge in [0.1, 0.15) is 13.2 Å². The molecule has 0 rings (SSSR count). The highest BCUT2D eigenvalue weighted by Crippen LogP contribution is 2.16. The van der Waals surface area contributed by atoms with E-state index in [2.05, 4.69) is 81.5 Å². The van der Waals surface area contributed by atoms with Crippen molar-refractivity contribution in [2.75, 3.05) is 13.2 Å². The zero-order valence-electron chi connectivity index (χ0n) is 43.7. The first-order valence-electron chi connectivity index (χ1n) is 28.3. The van der Waals surface area contributed by atoms with Gasteiger partial charge in [0.05, 0.1) is 0 Å². The molecule has 6 nitrogen and oxygen atoms in total. The molecule has 1 unspecified atom stereocenters. The Balaban J connectivity index is 4.13. The van der Waals surface area contributed by atoms with Crippen molar-refractivity contribution in [2.45, 2.75) is 290 Å². The van der Waals surface area contributed by atoms with Crippen LogP contribution in [0.5, 0.6) is 0 Å². The summed E-state index contributed by atoms with van der Waals surface area (Å²) in [5, 5.41) is 0. The molecule has 6 heteroatoms. The van der Waals surface area contributed by atoms with Gasteiger partial charge in [0.15, 0.2) is 6.10 Å². The Labute approximate surface area is 409 Å².